The molecule has 1 unspecified atom stereocenters. The van der Waals surface area contributed by atoms with Gasteiger partial charge in [-0.3, -0.25) is 9.59 Å². The van der Waals surface area contributed by atoms with E-state index in [1.54, 1.807) is 13.0 Å². The van der Waals surface area contributed by atoms with Crippen LogP contribution in [-0.2, 0) is 9.59 Å². The van der Waals surface area contributed by atoms with Crippen molar-refractivity contribution in [3.05, 3.63) is 30.1 Å². The number of hydrogen-bond donors (Lipinski definition) is 2. The van der Waals surface area contributed by atoms with Crippen LogP contribution in [0.3, 0.4) is 0 Å². The molecule has 0 aromatic heterocycles. The Morgan fingerprint density at radius 3 is 2.58 bits per heavy atom. The third-order valence-corrected chi connectivity index (χ3v) is 2.50. The molecule has 6 heteroatoms. The van der Waals surface area contributed by atoms with Crippen molar-refractivity contribution in [3.63, 3.8) is 0 Å². The molecule has 0 aliphatic rings. The second-order valence-electron chi connectivity index (χ2n) is 4.01. The molecule has 0 radical (unpaired) electrons. The Labute approximate surface area is 110 Å². The molecule has 0 spiro atoms. The Morgan fingerprint density at radius 2 is 2.05 bits per heavy atom. The molecular formula is C13H16FNO4. The molecule has 0 saturated carbocycles. The highest BCUT2D eigenvalue weighted by Gasteiger charge is 2.23. The van der Waals surface area contributed by atoms with Crippen LogP contribution >= 0.6 is 0 Å². The van der Waals surface area contributed by atoms with Gasteiger partial charge in [0.1, 0.15) is 6.04 Å². The number of carboxylic acids is 1. The fraction of sp³-hybridized carbons (Fsp3) is 0.385. The highest BCUT2D eigenvalue weighted by Crippen LogP contribution is 2.18. The molecular weight excluding hydrogens is 253 g/mol. The van der Waals surface area contributed by atoms with Gasteiger partial charge in [0.2, 0.25) is 0 Å². The van der Waals surface area contributed by atoms with Crippen LogP contribution in [0.5, 0.6) is 5.75 Å². The minimum atomic E-state index is -1.14. The van der Waals surface area contributed by atoms with Crippen LogP contribution in [0, 0.1) is 5.82 Å². The molecule has 104 valence electrons. The molecule has 0 bridgehead atoms. The predicted molar refractivity (Wildman–Crippen MR) is 66.3 cm³/mol. The van der Waals surface area contributed by atoms with Crippen molar-refractivity contribution in [2.24, 2.45) is 0 Å². The van der Waals surface area contributed by atoms with Gasteiger partial charge in [0.05, 0.1) is 0 Å². The van der Waals surface area contributed by atoms with E-state index in [9.17, 15) is 14.0 Å². The monoisotopic (exact) mass is 269 g/mol. The van der Waals surface area contributed by atoms with Gasteiger partial charge in [-0.1, -0.05) is 19.1 Å². The number of aliphatic carboxylic acids is 1. The molecule has 1 aromatic carbocycles. The van der Waals surface area contributed by atoms with Crippen molar-refractivity contribution in [2.45, 2.75) is 32.4 Å². The fourth-order valence-corrected chi connectivity index (χ4v) is 1.38. The first-order chi connectivity index (χ1) is 8.95. The van der Waals surface area contributed by atoms with Crippen LogP contribution < -0.4 is 10.1 Å². The van der Waals surface area contributed by atoms with Crippen LogP contribution in [0.4, 0.5) is 4.39 Å². The standard InChI is InChI=1S/C13H16FNO4/c1-3-10(12(16)15-8(2)13(17)18)19-11-7-5-4-6-9(11)14/h4-8,10H,3H2,1-2H3,(H,15,16)(H,17,18)/t8-,10?/m1/s1. The summed E-state index contributed by atoms with van der Waals surface area (Å²) in [5.74, 6) is -2.33. The van der Waals surface area contributed by atoms with E-state index in [4.69, 9.17) is 9.84 Å². The summed E-state index contributed by atoms with van der Waals surface area (Å²) in [6.07, 6.45) is -0.634. The van der Waals surface area contributed by atoms with Crippen LogP contribution in [0.1, 0.15) is 20.3 Å². The molecule has 1 rings (SSSR count). The van der Waals surface area contributed by atoms with Gasteiger partial charge in [0.25, 0.3) is 5.91 Å². The Balaban J connectivity index is 2.71. The van der Waals surface area contributed by atoms with Gasteiger partial charge < -0.3 is 15.2 Å². The zero-order valence-corrected chi connectivity index (χ0v) is 10.7. The Kier molecular flexibility index (Phi) is 5.29. The molecule has 2 N–H and O–H groups in total. The Bertz CT molecular complexity index is 464. The molecule has 0 saturated heterocycles. The van der Waals surface area contributed by atoms with Gasteiger partial charge in [-0.25, -0.2) is 4.39 Å². The van der Waals surface area contributed by atoms with E-state index >= 15 is 0 Å². The summed E-state index contributed by atoms with van der Waals surface area (Å²) in [4.78, 5) is 22.4. The molecule has 0 aliphatic heterocycles. The second-order valence-corrected chi connectivity index (χ2v) is 4.01. The summed E-state index contributed by atoms with van der Waals surface area (Å²) in [7, 11) is 0. The summed E-state index contributed by atoms with van der Waals surface area (Å²) in [5, 5.41) is 11.0. The number of rotatable bonds is 6. The van der Waals surface area contributed by atoms with E-state index in [-0.39, 0.29) is 5.75 Å². The quantitative estimate of drug-likeness (QED) is 0.822. The minimum Gasteiger partial charge on any atom is -0.480 e. The highest BCUT2D eigenvalue weighted by molar-refractivity contribution is 5.86. The number of carboxylic acid groups (broad SMARTS) is 1. The lowest BCUT2D eigenvalue weighted by Crippen LogP contribution is -2.45. The number of hydrogen-bond acceptors (Lipinski definition) is 3. The molecule has 0 heterocycles. The van der Waals surface area contributed by atoms with E-state index in [1.807, 2.05) is 0 Å². The summed E-state index contributed by atoms with van der Waals surface area (Å²) < 4.78 is 18.6. The highest BCUT2D eigenvalue weighted by atomic mass is 19.1. The number of amides is 1. The van der Waals surface area contributed by atoms with Crippen molar-refractivity contribution in [1.29, 1.82) is 0 Å². The van der Waals surface area contributed by atoms with E-state index in [0.717, 1.165) is 0 Å². The predicted octanol–water partition coefficient (Wildman–Crippen LogP) is 1.57. The fourth-order valence-electron chi connectivity index (χ4n) is 1.38. The lowest BCUT2D eigenvalue weighted by Gasteiger charge is -2.19. The first kappa shape index (κ1) is 14.9. The van der Waals surface area contributed by atoms with Crippen molar-refractivity contribution in [2.75, 3.05) is 0 Å². The first-order valence-corrected chi connectivity index (χ1v) is 5.90. The number of halogens is 1. The minimum absolute atomic E-state index is 0.0347. The molecule has 19 heavy (non-hydrogen) atoms. The SMILES string of the molecule is CCC(Oc1ccccc1F)C(=O)N[C@H](C)C(=O)O. The maximum absolute atomic E-state index is 13.4. The number of carbonyl (C=O) groups excluding carboxylic acids is 1. The normalized spacial score (nSPS) is 13.4. The summed E-state index contributed by atoms with van der Waals surface area (Å²) >= 11 is 0. The van der Waals surface area contributed by atoms with Gasteiger partial charge >= 0.3 is 5.97 Å². The van der Waals surface area contributed by atoms with Crippen LogP contribution in [0.25, 0.3) is 0 Å². The third-order valence-electron chi connectivity index (χ3n) is 2.50. The number of carbonyl (C=O) groups is 2. The van der Waals surface area contributed by atoms with Crippen LogP contribution in [0.15, 0.2) is 24.3 Å². The van der Waals surface area contributed by atoms with Crippen molar-refractivity contribution in [3.8, 4) is 5.75 Å². The van der Waals surface area contributed by atoms with E-state index in [0.29, 0.717) is 6.42 Å². The number of benzene rings is 1. The number of para-hydroxylation sites is 1. The van der Waals surface area contributed by atoms with Gasteiger partial charge in [-0.05, 0) is 25.5 Å². The van der Waals surface area contributed by atoms with Crippen LogP contribution in [0.2, 0.25) is 0 Å². The smallest absolute Gasteiger partial charge is 0.325 e. The maximum atomic E-state index is 13.4. The van der Waals surface area contributed by atoms with E-state index in [1.165, 1.54) is 25.1 Å². The van der Waals surface area contributed by atoms with Gasteiger partial charge in [-0.15, -0.1) is 0 Å². The van der Waals surface area contributed by atoms with Gasteiger partial charge in [-0.2, -0.15) is 0 Å². The van der Waals surface area contributed by atoms with Crippen LogP contribution in [-0.4, -0.2) is 29.1 Å². The van der Waals surface area contributed by atoms with E-state index < -0.39 is 29.8 Å². The second kappa shape index (κ2) is 6.72. The summed E-state index contributed by atoms with van der Waals surface area (Å²) in [6.45, 7) is 3.03. The zero-order valence-electron chi connectivity index (χ0n) is 10.7. The average Bonchev–Trinajstić information content (AvgIpc) is 2.37. The molecule has 1 amide bonds. The largest absolute Gasteiger partial charge is 0.480 e. The molecule has 5 nitrogen and oxygen atoms in total. The molecule has 2 atom stereocenters. The molecule has 0 aliphatic carbocycles. The van der Waals surface area contributed by atoms with Crippen molar-refractivity contribution < 1.29 is 23.8 Å². The Morgan fingerprint density at radius 1 is 1.42 bits per heavy atom. The molecule has 0 fully saturated rings. The van der Waals surface area contributed by atoms with Gasteiger partial charge in [0.15, 0.2) is 17.7 Å². The summed E-state index contributed by atoms with van der Waals surface area (Å²) in [6, 6.07) is 4.70. The summed E-state index contributed by atoms with van der Waals surface area (Å²) in [5.41, 5.74) is 0. The third kappa shape index (κ3) is 4.24. The van der Waals surface area contributed by atoms with E-state index in [2.05, 4.69) is 5.32 Å². The maximum Gasteiger partial charge on any atom is 0.325 e. The lowest BCUT2D eigenvalue weighted by atomic mass is 10.2. The number of ether oxygens (including phenoxy) is 1. The van der Waals surface area contributed by atoms with Gasteiger partial charge in [0, 0.05) is 0 Å². The topological polar surface area (TPSA) is 75.6 Å². The Hall–Kier alpha value is -2.11. The molecule has 1 aromatic rings. The average molecular weight is 269 g/mol. The number of nitrogens with one attached hydrogen (secondary N) is 1. The zero-order chi connectivity index (χ0) is 14.4. The van der Waals surface area contributed by atoms with Crippen molar-refractivity contribution in [1.82, 2.24) is 5.32 Å². The first-order valence-electron chi connectivity index (χ1n) is 5.90. The van der Waals surface area contributed by atoms with Crippen molar-refractivity contribution >= 4 is 11.9 Å². The lowest BCUT2D eigenvalue weighted by molar-refractivity contribution is -0.142.